The van der Waals surface area contributed by atoms with Crippen molar-refractivity contribution in [2.45, 2.75) is 27.7 Å². The van der Waals surface area contributed by atoms with Crippen LogP contribution in [0.5, 0.6) is 0 Å². The Kier molecular flexibility index (Phi) is 3.26. The summed E-state index contributed by atoms with van der Waals surface area (Å²) in [6, 6.07) is 6.03. The minimum atomic E-state index is -0.850. The Morgan fingerprint density at radius 3 is 2.00 bits per heavy atom. The smallest absolute Gasteiger partial charge is 0.345 e. The number of aryl methyl sites for hydroxylation is 4. The minimum Gasteiger partial charge on any atom is -0.477 e. The van der Waals surface area contributed by atoms with Gasteiger partial charge in [-0.2, -0.15) is 0 Å². The van der Waals surface area contributed by atoms with Gasteiger partial charge in [-0.25, -0.2) is 4.79 Å². The van der Waals surface area contributed by atoms with E-state index in [1.807, 2.05) is 6.92 Å². The summed E-state index contributed by atoms with van der Waals surface area (Å²) in [5.41, 5.74) is 5.85. The Bertz CT molecular complexity index is 600. The molecule has 0 bridgehead atoms. The molecule has 18 heavy (non-hydrogen) atoms. The summed E-state index contributed by atoms with van der Waals surface area (Å²) < 4.78 is 0. The molecule has 1 N–H and O–H groups in total. The average molecular weight is 260 g/mol. The van der Waals surface area contributed by atoms with Gasteiger partial charge < -0.3 is 5.11 Å². The normalized spacial score (nSPS) is 10.7. The molecule has 1 aromatic heterocycles. The first-order valence-electron chi connectivity index (χ1n) is 5.82. The van der Waals surface area contributed by atoms with Gasteiger partial charge in [-0.3, -0.25) is 0 Å². The van der Waals surface area contributed by atoms with Crippen LogP contribution in [0.2, 0.25) is 0 Å². The van der Waals surface area contributed by atoms with Gasteiger partial charge in [-0.05, 0) is 56.0 Å². The quantitative estimate of drug-likeness (QED) is 0.871. The molecule has 3 heteroatoms. The number of aromatic carboxylic acids is 1. The van der Waals surface area contributed by atoms with Crippen molar-refractivity contribution in [1.82, 2.24) is 0 Å². The molecule has 2 nitrogen and oxygen atoms in total. The predicted molar refractivity (Wildman–Crippen MR) is 75.7 cm³/mol. The lowest BCUT2D eigenvalue weighted by atomic mass is 9.97. The summed E-state index contributed by atoms with van der Waals surface area (Å²) in [6.45, 7) is 8.20. The van der Waals surface area contributed by atoms with Crippen LogP contribution in [0.25, 0.3) is 10.4 Å². The van der Waals surface area contributed by atoms with Gasteiger partial charge in [0.1, 0.15) is 4.88 Å². The lowest BCUT2D eigenvalue weighted by Crippen LogP contribution is -1.90. The van der Waals surface area contributed by atoms with Gasteiger partial charge in [0.25, 0.3) is 0 Å². The molecular weight excluding hydrogens is 244 g/mol. The van der Waals surface area contributed by atoms with E-state index in [1.54, 1.807) is 6.07 Å². The third kappa shape index (κ3) is 2.18. The van der Waals surface area contributed by atoms with Crippen molar-refractivity contribution in [3.05, 3.63) is 45.3 Å². The number of benzene rings is 1. The molecule has 1 heterocycles. The van der Waals surface area contributed by atoms with Crippen LogP contribution in [-0.2, 0) is 0 Å². The Morgan fingerprint density at radius 1 is 1.00 bits per heavy atom. The molecule has 0 saturated carbocycles. The monoisotopic (exact) mass is 260 g/mol. The van der Waals surface area contributed by atoms with Crippen LogP contribution in [0.4, 0.5) is 0 Å². The van der Waals surface area contributed by atoms with E-state index in [4.69, 9.17) is 5.11 Å². The van der Waals surface area contributed by atoms with E-state index in [0.29, 0.717) is 4.88 Å². The molecule has 0 aliphatic carbocycles. The lowest BCUT2D eigenvalue weighted by Gasteiger charge is -2.10. The fraction of sp³-hybridized carbons (Fsp3) is 0.267. The molecule has 2 rings (SSSR count). The zero-order valence-electron chi connectivity index (χ0n) is 11.0. The summed E-state index contributed by atoms with van der Waals surface area (Å²) in [4.78, 5) is 12.5. The molecule has 0 aliphatic heterocycles. The van der Waals surface area contributed by atoms with Crippen LogP contribution in [0.3, 0.4) is 0 Å². The number of hydrogen-bond donors (Lipinski definition) is 1. The summed E-state index contributed by atoms with van der Waals surface area (Å²) in [7, 11) is 0. The number of carbonyl (C=O) groups is 1. The second-order valence-corrected chi connectivity index (χ2v) is 5.75. The maximum atomic E-state index is 11.0. The fourth-order valence-electron chi connectivity index (χ4n) is 2.37. The number of carboxylic acid groups (broad SMARTS) is 1. The largest absolute Gasteiger partial charge is 0.477 e. The zero-order chi connectivity index (χ0) is 13.4. The van der Waals surface area contributed by atoms with E-state index in [9.17, 15) is 4.79 Å². The van der Waals surface area contributed by atoms with E-state index in [0.717, 1.165) is 10.4 Å². The van der Waals surface area contributed by atoms with Crippen LogP contribution in [-0.4, -0.2) is 11.1 Å². The van der Waals surface area contributed by atoms with Crippen LogP contribution < -0.4 is 0 Å². The van der Waals surface area contributed by atoms with Crippen molar-refractivity contribution in [3.8, 4) is 10.4 Å². The first-order valence-corrected chi connectivity index (χ1v) is 6.63. The summed E-state index contributed by atoms with van der Waals surface area (Å²) in [5.74, 6) is -0.850. The molecular formula is C15H16O2S. The molecule has 94 valence electrons. The van der Waals surface area contributed by atoms with E-state index >= 15 is 0 Å². The third-order valence-corrected chi connectivity index (χ3v) is 4.28. The number of hydrogen-bond acceptors (Lipinski definition) is 2. The molecule has 0 amide bonds. The van der Waals surface area contributed by atoms with Gasteiger partial charge in [0.2, 0.25) is 0 Å². The molecule has 0 spiro atoms. The number of thiophene rings is 1. The second kappa shape index (κ2) is 4.58. The predicted octanol–water partition coefficient (Wildman–Crippen LogP) is 4.35. The molecule has 0 aliphatic rings. The Balaban J connectivity index is 2.66. The SMILES string of the molecule is Cc1cc(C)c(-c2sc(C(=O)O)cc2C)c(C)c1. The molecule has 0 saturated heterocycles. The summed E-state index contributed by atoms with van der Waals surface area (Å²) >= 11 is 1.36. The van der Waals surface area contributed by atoms with Crippen molar-refractivity contribution >= 4 is 17.3 Å². The Morgan fingerprint density at radius 2 is 1.56 bits per heavy atom. The van der Waals surface area contributed by atoms with Crippen LogP contribution in [0.15, 0.2) is 18.2 Å². The van der Waals surface area contributed by atoms with Crippen molar-refractivity contribution in [3.63, 3.8) is 0 Å². The number of carboxylic acids is 1. The van der Waals surface area contributed by atoms with Crippen molar-refractivity contribution < 1.29 is 9.90 Å². The highest BCUT2D eigenvalue weighted by atomic mass is 32.1. The van der Waals surface area contributed by atoms with Crippen molar-refractivity contribution in [2.75, 3.05) is 0 Å². The Labute approximate surface area is 111 Å². The second-order valence-electron chi connectivity index (χ2n) is 4.70. The first-order chi connectivity index (χ1) is 8.40. The maximum Gasteiger partial charge on any atom is 0.345 e. The van der Waals surface area contributed by atoms with E-state index in [2.05, 4.69) is 32.9 Å². The molecule has 0 atom stereocenters. The molecule has 2 aromatic rings. The average Bonchev–Trinajstić information content (AvgIpc) is 2.59. The highest BCUT2D eigenvalue weighted by Crippen LogP contribution is 2.36. The zero-order valence-corrected chi connectivity index (χ0v) is 11.8. The maximum absolute atomic E-state index is 11.0. The topological polar surface area (TPSA) is 37.3 Å². The molecule has 0 unspecified atom stereocenters. The van der Waals surface area contributed by atoms with Gasteiger partial charge >= 0.3 is 5.97 Å². The molecule has 0 radical (unpaired) electrons. The van der Waals surface area contributed by atoms with Gasteiger partial charge in [0.05, 0.1) is 0 Å². The number of rotatable bonds is 2. The van der Waals surface area contributed by atoms with Gasteiger partial charge in [-0.1, -0.05) is 17.7 Å². The highest BCUT2D eigenvalue weighted by molar-refractivity contribution is 7.17. The van der Waals surface area contributed by atoms with Crippen molar-refractivity contribution in [1.29, 1.82) is 0 Å². The summed E-state index contributed by atoms with van der Waals surface area (Å²) in [5, 5.41) is 9.06. The fourth-order valence-corrected chi connectivity index (χ4v) is 3.56. The van der Waals surface area contributed by atoms with Gasteiger partial charge in [-0.15, -0.1) is 11.3 Å². The van der Waals surface area contributed by atoms with Gasteiger partial charge in [0, 0.05) is 4.88 Å². The Hall–Kier alpha value is -1.61. The van der Waals surface area contributed by atoms with E-state index < -0.39 is 5.97 Å². The third-order valence-electron chi connectivity index (χ3n) is 3.03. The highest BCUT2D eigenvalue weighted by Gasteiger charge is 2.15. The molecule has 0 fully saturated rings. The standard InChI is InChI=1S/C15H16O2S/c1-8-5-9(2)13(10(3)6-8)14-11(4)7-12(18-14)15(16)17/h5-7H,1-4H3,(H,16,17). The minimum absolute atomic E-state index is 0.405. The van der Waals surface area contributed by atoms with Crippen LogP contribution in [0, 0.1) is 27.7 Å². The lowest BCUT2D eigenvalue weighted by molar-refractivity contribution is 0.0702. The first kappa shape index (κ1) is 12.8. The van der Waals surface area contributed by atoms with E-state index in [-0.39, 0.29) is 0 Å². The summed E-state index contributed by atoms with van der Waals surface area (Å²) in [6.07, 6.45) is 0. The van der Waals surface area contributed by atoms with Crippen LogP contribution in [0.1, 0.15) is 31.9 Å². The van der Waals surface area contributed by atoms with Crippen LogP contribution >= 0.6 is 11.3 Å². The van der Waals surface area contributed by atoms with E-state index in [1.165, 1.54) is 33.6 Å². The van der Waals surface area contributed by atoms with Crippen molar-refractivity contribution in [2.24, 2.45) is 0 Å². The van der Waals surface area contributed by atoms with Gasteiger partial charge in [0.15, 0.2) is 0 Å². The molecule has 1 aromatic carbocycles.